The monoisotopic (exact) mass is 382 g/mol. The van der Waals surface area contributed by atoms with Crippen molar-refractivity contribution in [1.82, 2.24) is 4.98 Å². The van der Waals surface area contributed by atoms with Crippen molar-refractivity contribution in [1.29, 1.82) is 0 Å². The predicted molar refractivity (Wildman–Crippen MR) is 109 cm³/mol. The number of hydrogen-bond acceptors (Lipinski definition) is 5. The van der Waals surface area contributed by atoms with Gasteiger partial charge in [0, 0.05) is 16.6 Å². The highest BCUT2D eigenvalue weighted by atomic mass is 32.1. The molecule has 0 aliphatic carbocycles. The van der Waals surface area contributed by atoms with Gasteiger partial charge in [0.2, 0.25) is 5.91 Å². The third-order valence-electron chi connectivity index (χ3n) is 4.31. The molecule has 0 atom stereocenters. The number of benzene rings is 2. The molecule has 2 aromatic carbocycles. The molecule has 3 rings (SSSR count). The van der Waals surface area contributed by atoms with E-state index in [1.54, 1.807) is 14.2 Å². The van der Waals surface area contributed by atoms with Crippen LogP contribution < -0.4 is 14.8 Å². The third kappa shape index (κ3) is 4.46. The Morgan fingerprint density at radius 2 is 1.81 bits per heavy atom. The second-order valence-corrected chi connectivity index (χ2v) is 7.10. The van der Waals surface area contributed by atoms with Crippen LogP contribution in [0.15, 0.2) is 41.8 Å². The van der Waals surface area contributed by atoms with E-state index in [1.165, 1.54) is 16.9 Å². The number of rotatable bonds is 6. The number of carbonyl (C=O) groups excluding carboxylic acids is 1. The van der Waals surface area contributed by atoms with E-state index < -0.39 is 0 Å². The van der Waals surface area contributed by atoms with Gasteiger partial charge in [-0.2, -0.15) is 0 Å². The van der Waals surface area contributed by atoms with Crippen LogP contribution in [0.2, 0.25) is 0 Å². The van der Waals surface area contributed by atoms with E-state index in [0.717, 1.165) is 27.5 Å². The number of carbonyl (C=O) groups is 1. The van der Waals surface area contributed by atoms with E-state index in [2.05, 4.69) is 10.3 Å². The number of hydrogen-bond donors (Lipinski definition) is 1. The van der Waals surface area contributed by atoms with E-state index in [4.69, 9.17) is 9.47 Å². The van der Waals surface area contributed by atoms with Crippen molar-refractivity contribution in [3.63, 3.8) is 0 Å². The maximum Gasteiger partial charge on any atom is 0.230 e. The van der Waals surface area contributed by atoms with Gasteiger partial charge in [0.25, 0.3) is 0 Å². The van der Waals surface area contributed by atoms with E-state index in [-0.39, 0.29) is 12.3 Å². The van der Waals surface area contributed by atoms with Gasteiger partial charge in [-0.1, -0.05) is 6.07 Å². The maximum atomic E-state index is 12.3. The smallest absolute Gasteiger partial charge is 0.230 e. The van der Waals surface area contributed by atoms with Crippen LogP contribution in [0.3, 0.4) is 0 Å². The SMILES string of the molecule is COc1ccc(-c2nc(CC(=O)Nc3ccc(C)c(C)c3)cs2)cc1OC. The average molecular weight is 382 g/mol. The fourth-order valence-corrected chi connectivity index (χ4v) is 3.50. The molecule has 1 aromatic heterocycles. The van der Waals surface area contributed by atoms with Crippen LogP contribution in [0, 0.1) is 13.8 Å². The third-order valence-corrected chi connectivity index (χ3v) is 5.25. The van der Waals surface area contributed by atoms with Crippen molar-refractivity contribution in [2.45, 2.75) is 20.3 Å². The van der Waals surface area contributed by atoms with Crippen molar-refractivity contribution < 1.29 is 14.3 Å². The molecule has 27 heavy (non-hydrogen) atoms. The summed E-state index contributed by atoms with van der Waals surface area (Å²) in [6, 6.07) is 11.6. The van der Waals surface area contributed by atoms with Crippen LogP contribution in [0.1, 0.15) is 16.8 Å². The summed E-state index contributed by atoms with van der Waals surface area (Å²) in [4.78, 5) is 16.9. The molecule has 0 spiro atoms. The number of nitrogens with zero attached hydrogens (tertiary/aromatic N) is 1. The van der Waals surface area contributed by atoms with Gasteiger partial charge in [-0.15, -0.1) is 11.3 Å². The van der Waals surface area contributed by atoms with E-state index in [9.17, 15) is 4.79 Å². The molecular formula is C21H22N2O3S. The zero-order valence-corrected chi connectivity index (χ0v) is 16.6. The first-order chi connectivity index (χ1) is 13.0. The molecule has 0 aliphatic rings. The Morgan fingerprint density at radius 3 is 2.52 bits per heavy atom. The van der Waals surface area contributed by atoms with Gasteiger partial charge in [-0.3, -0.25) is 4.79 Å². The quantitative estimate of drug-likeness (QED) is 0.675. The molecule has 5 nitrogen and oxygen atoms in total. The highest BCUT2D eigenvalue weighted by Crippen LogP contribution is 2.33. The minimum Gasteiger partial charge on any atom is -0.493 e. The zero-order chi connectivity index (χ0) is 19.4. The molecular weight excluding hydrogens is 360 g/mol. The average Bonchev–Trinajstić information content (AvgIpc) is 3.12. The summed E-state index contributed by atoms with van der Waals surface area (Å²) < 4.78 is 10.6. The zero-order valence-electron chi connectivity index (χ0n) is 15.8. The van der Waals surface area contributed by atoms with Gasteiger partial charge in [-0.05, 0) is 55.3 Å². The summed E-state index contributed by atoms with van der Waals surface area (Å²) in [5, 5.41) is 5.68. The van der Waals surface area contributed by atoms with Crippen LogP contribution in [-0.2, 0) is 11.2 Å². The Morgan fingerprint density at radius 1 is 1.04 bits per heavy atom. The molecule has 0 radical (unpaired) electrons. The standard InChI is InChI=1S/C21H22N2O3S/c1-13-5-7-16(9-14(13)2)22-20(24)11-17-12-27-21(23-17)15-6-8-18(25-3)19(10-15)26-4/h5-10,12H,11H2,1-4H3,(H,22,24). The molecule has 1 heterocycles. The van der Waals surface area contributed by atoms with Crippen LogP contribution in [-0.4, -0.2) is 25.1 Å². The summed E-state index contributed by atoms with van der Waals surface area (Å²) in [5.74, 6) is 1.24. The fraction of sp³-hybridized carbons (Fsp3) is 0.238. The summed E-state index contributed by atoms with van der Waals surface area (Å²) in [7, 11) is 3.21. The second kappa shape index (κ2) is 8.22. The van der Waals surface area contributed by atoms with E-state index in [1.807, 2.05) is 55.6 Å². The van der Waals surface area contributed by atoms with E-state index in [0.29, 0.717) is 11.5 Å². The van der Waals surface area contributed by atoms with Gasteiger partial charge in [0.15, 0.2) is 11.5 Å². The molecule has 6 heteroatoms. The molecule has 0 fully saturated rings. The molecule has 0 aliphatic heterocycles. The number of amides is 1. The van der Waals surface area contributed by atoms with Crippen molar-refractivity contribution in [2.75, 3.05) is 19.5 Å². The van der Waals surface area contributed by atoms with Crippen LogP contribution in [0.4, 0.5) is 5.69 Å². The normalized spacial score (nSPS) is 10.5. The Labute approximate surface area is 163 Å². The number of anilines is 1. The molecule has 0 unspecified atom stereocenters. The first kappa shape index (κ1) is 18.9. The van der Waals surface area contributed by atoms with Crippen LogP contribution in [0.25, 0.3) is 10.6 Å². The number of thiazole rings is 1. The Hall–Kier alpha value is -2.86. The Balaban J connectivity index is 1.70. The Kier molecular flexibility index (Phi) is 5.76. The summed E-state index contributed by atoms with van der Waals surface area (Å²) in [5.41, 5.74) is 4.83. The highest BCUT2D eigenvalue weighted by Gasteiger charge is 2.12. The largest absolute Gasteiger partial charge is 0.493 e. The minimum atomic E-state index is -0.0811. The molecule has 1 N–H and O–H groups in total. The molecule has 0 saturated carbocycles. The second-order valence-electron chi connectivity index (χ2n) is 6.24. The number of aromatic nitrogens is 1. The first-order valence-corrected chi connectivity index (χ1v) is 9.42. The lowest BCUT2D eigenvalue weighted by Crippen LogP contribution is -2.14. The Bertz CT molecular complexity index is 966. The van der Waals surface area contributed by atoms with Crippen molar-refractivity contribution in [3.8, 4) is 22.1 Å². The first-order valence-electron chi connectivity index (χ1n) is 8.54. The number of ether oxygens (including phenoxy) is 2. The lowest BCUT2D eigenvalue weighted by Gasteiger charge is -2.08. The van der Waals surface area contributed by atoms with E-state index >= 15 is 0 Å². The van der Waals surface area contributed by atoms with Crippen molar-refractivity contribution in [3.05, 3.63) is 58.6 Å². The van der Waals surface area contributed by atoms with Crippen molar-refractivity contribution in [2.24, 2.45) is 0 Å². The van der Waals surface area contributed by atoms with Gasteiger partial charge in [0.1, 0.15) is 5.01 Å². The lowest BCUT2D eigenvalue weighted by atomic mass is 10.1. The van der Waals surface area contributed by atoms with Crippen LogP contribution in [0.5, 0.6) is 11.5 Å². The molecule has 0 saturated heterocycles. The lowest BCUT2D eigenvalue weighted by molar-refractivity contribution is -0.115. The molecule has 1 amide bonds. The van der Waals surface area contributed by atoms with Gasteiger partial charge in [0.05, 0.1) is 26.3 Å². The van der Waals surface area contributed by atoms with Gasteiger partial charge >= 0.3 is 0 Å². The summed E-state index contributed by atoms with van der Waals surface area (Å²) in [6.07, 6.45) is 0.233. The summed E-state index contributed by atoms with van der Waals surface area (Å²) in [6.45, 7) is 4.08. The maximum absolute atomic E-state index is 12.3. The summed E-state index contributed by atoms with van der Waals surface area (Å²) >= 11 is 1.50. The fourth-order valence-electron chi connectivity index (χ4n) is 2.68. The number of methoxy groups -OCH3 is 2. The molecule has 0 bridgehead atoms. The molecule has 3 aromatic rings. The molecule has 140 valence electrons. The number of nitrogens with one attached hydrogen (secondary N) is 1. The van der Waals surface area contributed by atoms with Gasteiger partial charge < -0.3 is 14.8 Å². The topological polar surface area (TPSA) is 60.5 Å². The van der Waals surface area contributed by atoms with Crippen molar-refractivity contribution >= 4 is 22.9 Å². The predicted octanol–water partition coefficient (Wildman–Crippen LogP) is 4.63. The highest BCUT2D eigenvalue weighted by molar-refractivity contribution is 7.13. The van der Waals surface area contributed by atoms with Crippen LogP contribution >= 0.6 is 11.3 Å². The van der Waals surface area contributed by atoms with Gasteiger partial charge in [-0.25, -0.2) is 4.98 Å². The minimum absolute atomic E-state index is 0.0811. The number of aryl methyl sites for hydroxylation is 2.